The van der Waals surface area contributed by atoms with E-state index in [1.54, 1.807) is 0 Å². The predicted molar refractivity (Wildman–Crippen MR) is 58.5 cm³/mol. The van der Waals surface area contributed by atoms with Crippen LogP contribution in [0.4, 0.5) is 0 Å². The Bertz CT molecular complexity index is 212. The van der Waals surface area contributed by atoms with Gasteiger partial charge in [0.05, 0.1) is 6.42 Å². The molecule has 0 saturated heterocycles. The van der Waals surface area contributed by atoms with Crippen molar-refractivity contribution in [1.82, 2.24) is 5.32 Å². The highest BCUT2D eigenvalue weighted by Gasteiger charge is 2.15. The second-order valence-electron chi connectivity index (χ2n) is 3.83. The van der Waals surface area contributed by atoms with Crippen molar-refractivity contribution in [1.29, 1.82) is 0 Å². The Balaban J connectivity index is 3.89. The van der Waals surface area contributed by atoms with Crippen LogP contribution in [0.1, 0.15) is 46.5 Å². The molecule has 0 aliphatic rings. The summed E-state index contributed by atoms with van der Waals surface area (Å²) in [5.74, 6) is -0.629. The largest absolute Gasteiger partial charge is 0.481 e. The van der Waals surface area contributed by atoms with E-state index in [0.717, 1.165) is 12.8 Å². The Kier molecular flexibility index (Phi) is 6.75. The molecule has 0 aromatic rings. The number of hydrogen-bond donors (Lipinski definition) is 2. The summed E-state index contributed by atoms with van der Waals surface area (Å²) in [7, 11) is 0. The molecule has 4 nitrogen and oxygen atoms in total. The van der Waals surface area contributed by atoms with Gasteiger partial charge in [-0.3, -0.25) is 9.59 Å². The van der Waals surface area contributed by atoms with Crippen molar-refractivity contribution in [2.24, 2.45) is 5.92 Å². The molecule has 0 bridgehead atoms. The van der Waals surface area contributed by atoms with E-state index >= 15 is 0 Å². The molecule has 4 heteroatoms. The summed E-state index contributed by atoms with van der Waals surface area (Å²) in [6.07, 6.45) is 2.02. The molecule has 0 aliphatic carbocycles. The highest BCUT2D eigenvalue weighted by atomic mass is 16.4. The van der Waals surface area contributed by atoms with Gasteiger partial charge in [0, 0.05) is 12.5 Å². The number of hydrogen-bond acceptors (Lipinski definition) is 2. The standard InChI is InChI=1S/C11H21NO3/c1-4-9(5-2)8(3)12-10(13)6-7-11(14)15/h8-9H,4-7H2,1-3H3,(H,12,13)(H,14,15). The van der Waals surface area contributed by atoms with E-state index in [4.69, 9.17) is 5.11 Å². The van der Waals surface area contributed by atoms with Crippen LogP contribution in [0.5, 0.6) is 0 Å². The first-order chi connectivity index (χ1) is 7.01. The first kappa shape index (κ1) is 13.9. The topological polar surface area (TPSA) is 66.4 Å². The van der Waals surface area contributed by atoms with Crippen molar-refractivity contribution in [3.05, 3.63) is 0 Å². The second kappa shape index (κ2) is 7.26. The summed E-state index contributed by atoms with van der Waals surface area (Å²) in [4.78, 5) is 21.6. The number of nitrogens with one attached hydrogen (secondary N) is 1. The average Bonchev–Trinajstić information content (AvgIpc) is 2.16. The van der Waals surface area contributed by atoms with Crippen molar-refractivity contribution < 1.29 is 14.7 Å². The molecule has 0 fully saturated rings. The van der Waals surface area contributed by atoms with Crippen molar-refractivity contribution in [2.75, 3.05) is 0 Å². The van der Waals surface area contributed by atoms with Gasteiger partial charge in [0.25, 0.3) is 0 Å². The van der Waals surface area contributed by atoms with Gasteiger partial charge in [-0.25, -0.2) is 0 Å². The van der Waals surface area contributed by atoms with Gasteiger partial charge < -0.3 is 10.4 Å². The molecular weight excluding hydrogens is 194 g/mol. The van der Waals surface area contributed by atoms with Crippen LogP contribution in [-0.4, -0.2) is 23.0 Å². The first-order valence-corrected chi connectivity index (χ1v) is 5.52. The molecule has 0 saturated carbocycles. The van der Waals surface area contributed by atoms with E-state index in [1.165, 1.54) is 0 Å². The molecule has 0 aromatic heterocycles. The van der Waals surface area contributed by atoms with Crippen LogP contribution in [0.25, 0.3) is 0 Å². The van der Waals surface area contributed by atoms with E-state index in [-0.39, 0.29) is 24.8 Å². The SMILES string of the molecule is CCC(CC)C(C)NC(=O)CCC(=O)O. The summed E-state index contributed by atoms with van der Waals surface area (Å²) in [6.45, 7) is 6.15. The summed E-state index contributed by atoms with van der Waals surface area (Å²) in [5, 5.41) is 11.3. The van der Waals surface area contributed by atoms with E-state index in [0.29, 0.717) is 5.92 Å². The summed E-state index contributed by atoms with van der Waals surface area (Å²) in [6, 6.07) is 0.126. The number of aliphatic carboxylic acids is 1. The molecule has 1 amide bonds. The van der Waals surface area contributed by atoms with Crippen LogP contribution >= 0.6 is 0 Å². The molecule has 2 N–H and O–H groups in total. The minimum Gasteiger partial charge on any atom is -0.481 e. The number of rotatable bonds is 7. The van der Waals surface area contributed by atoms with E-state index < -0.39 is 5.97 Å². The molecule has 0 heterocycles. The summed E-state index contributed by atoms with van der Waals surface area (Å²) < 4.78 is 0. The monoisotopic (exact) mass is 215 g/mol. The Morgan fingerprint density at radius 2 is 1.73 bits per heavy atom. The maximum atomic E-state index is 11.3. The van der Waals surface area contributed by atoms with Crippen molar-refractivity contribution in [2.45, 2.75) is 52.5 Å². The van der Waals surface area contributed by atoms with Crippen LogP contribution in [0.15, 0.2) is 0 Å². The Morgan fingerprint density at radius 1 is 1.20 bits per heavy atom. The molecule has 0 spiro atoms. The van der Waals surface area contributed by atoms with Crippen LogP contribution in [0, 0.1) is 5.92 Å². The van der Waals surface area contributed by atoms with Crippen LogP contribution in [-0.2, 0) is 9.59 Å². The molecular formula is C11H21NO3. The zero-order chi connectivity index (χ0) is 11.8. The van der Waals surface area contributed by atoms with Gasteiger partial charge in [0.15, 0.2) is 0 Å². The fourth-order valence-electron chi connectivity index (χ4n) is 1.66. The lowest BCUT2D eigenvalue weighted by molar-refractivity contribution is -0.139. The summed E-state index contributed by atoms with van der Waals surface area (Å²) in [5.41, 5.74) is 0. The Labute approximate surface area is 91.1 Å². The third-order valence-corrected chi connectivity index (χ3v) is 2.71. The summed E-state index contributed by atoms with van der Waals surface area (Å²) >= 11 is 0. The van der Waals surface area contributed by atoms with E-state index in [2.05, 4.69) is 19.2 Å². The molecule has 88 valence electrons. The van der Waals surface area contributed by atoms with Crippen LogP contribution in [0.2, 0.25) is 0 Å². The van der Waals surface area contributed by atoms with Gasteiger partial charge in [-0.05, 0) is 12.8 Å². The minimum absolute atomic E-state index is 0.0693. The molecule has 0 aromatic carbocycles. The van der Waals surface area contributed by atoms with Gasteiger partial charge in [0.1, 0.15) is 0 Å². The lowest BCUT2D eigenvalue weighted by atomic mass is 9.95. The lowest BCUT2D eigenvalue weighted by Gasteiger charge is -2.22. The van der Waals surface area contributed by atoms with Crippen LogP contribution in [0.3, 0.4) is 0 Å². The zero-order valence-electron chi connectivity index (χ0n) is 9.75. The number of amides is 1. The normalized spacial score (nSPS) is 12.5. The Hall–Kier alpha value is -1.06. The first-order valence-electron chi connectivity index (χ1n) is 5.52. The fraction of sp³-hybridized carbons (Fsp3) is 0.818. The quantitative estimate of drug-likeness (QED) is 0.680. The van der Waals surface area contributed by atoms with Crippen molar-refractivity contribution in [3.8, 4) is 0 Å². The minimum atomic E-state index is -0.930. The van der Waals surface area contributed by atoms with E-state index in [1.807, 2.05) is 6.92 Å². The average molecular weight is 215 g/mol. The van der Waals surface area contributed by atoms with Gasteiger partial charge in [-0.15, -0.1) is 0 Å². The Morgan fingerprint density at radius 3 is 2.13 bits per heavy atom. The maximum Gasteiger partial charge on any atom is 0.303 e. The molecule has 1 atom stereocenters. The third kappa shape index (κ3) is 6.10. The second-order valence-corrected chi connectivity index (χ2v) is 3.83. The highest BCUT2D eigenvalue weighted by molar-refractivity contribution is 5.80. The van der Waals surface area contributed by atoms with Gasteiger partial charge in [0.2, 0.25) is 5.91 Å². The van der Waals surface area contributed by atoms with Gasteiger partial charge in [-0.1, -0.05) is 26.7 Å². The van der Waals surface area contributed by atoms with Crippen molar-refractivity contribution in [3.63, 3.8) is 0 Å². The molecule has 15 heavy (non-hydrogen) atoms. The number of carbonyl (C=O) groups excluding carboxylic acids is 1. The number of carbonyl (C=O) groups is 2. The smallest absolute Gasteiger partial charge is 0.303 e. The van der Waals surface area contributed by atoms with E-state index in [9.17, 15) is 9.59 Å². The lowest BCUT2D eigenvalue weighted by Crippen LogP contribution is -2.37. The molecule has 0 radical (unpaired) electrons. The van der Waals surface area contributed by atoms with Gasteiger partial charge >= 0.3 is 5.97 Å². The maximum absolute atomic E-state index is 11.3. The zero-order valence-corrected chi connectivity index (χ0v) is 9.75. The third-order valence-electron chi connectivity index (χ3n) is 2.71. The van der Waals surface area contributed by atoms with Crippen molar-refractivity contribution >= 4 is 11.9 Å². The molecule has 0 rings (SSSR count). The number of carboxylic acids is 1. The number of carboxylic acid groups (broad SMARTS) is 1. The predicted octanol–water partition coefficient (Wildman–Crippen LogP) is 1.79. The van der Waals surface area contributed by atoms with Gasteiger partial charge in [-0.2, -0.15) is 0 Å². The fourth-order valence-corrected chi connectivity index (χ4v) is 1.66. The highest BCUT2D eigenvalue weighted by Crippen LogP contribution is 2.12. The molecule has 0 aliphatic heterocycles. The molecule has 1 unspecified atom stereocenters. The van der Waals surface area contributed by atoms with Crippen LogP contribution < -0.4 is 5.32 Å².